The van der Waals surface area contributed by atoms with Crippen LogP contribution >= 0.6 is 11.8 Å². The van der Waals surface area contributed by atoms with Gasteiger partial charge in [-0.05, 0) is 41.3 Å². The zero-order chi connectivity index (χ0) is 22.2. The summed E-state index contributed by atoms with van der Waals surface area (Å²) in [6.07, 6.45) is 6.60. The average molecular weight is 540 g/mol. The number of aryl methyl sites for hydroxylation is 2. The summed E-state index contributed by atoms with van der Waals surface area (Å²) in [5.41, 5.74) is 3.63. The maximum absolute atomic E-state index is 6.23. The molecule has 0 bridgehead atoms. The monoisotopic (exact) mass is 539 g/mol. The van der Waals surface area contributed by atoms with Gasteiger partial charge in [-0.1, -0.05) is 11.8 Å². The lowest BCUT2D eigenvalue weighted by molar-refractivity contribution is -0.686. The van der Waals surface area contributed by atoms with E-state index in [0.717, 1.165) is 63.3 Å². The van der Waals surface area contributed by atoms with Crippen LogP contribution in [0.4, 0.5) is 0 Å². The molecular weight excluding hydrogens is 518 g/mol. The molecule has 0 fully saturated rings. The molecule has 174 valence electrons. The summed E-state index contributed by atoms with van der Waals surface area (Å²) in [5.74, 6) is 3.87. The quantitative estimate of drug-likeness (QED) is 0.157. The molecule has 0 aliphatic carbocycles. The molecule has 6 rings (SSSR count). The van der Waals surface area contributed by atoms with Gasteiger partial charge in [0.05, 0.1) is 24.7 Å². The van der Waals surface area contributed by atoms with Crippen molar-refractivity contribution in [3.8, 4) is 34.3 Å². The van der Waals surface area contributed by atoms with Crippen LogP contribution in [0.1, 0.15) is 5.56 Å². The highest BCUT2D eigenvalue weighted by Gasteiger charge is 2.28. The van der Waals surface area contributed by atoms with Gasteiger partial charge in [0.15, 0.2) is 40.9 Å². The molecule has 0 radical (unpaired) electrons. The second-order valence-corrected chi connectivity index (χ2v) is 8.85. The Kier molecular flexibility index (Phi) is 6.47. The Bertz CT molecular complexity index is 1350. The molecule has 0 unspecified atom stereocenters. The number of aromatic nitrogens is 3. The predicted molar refractivity (Wildman–Crippen MR) is 124 cm³/mol. The number of benzene rings is 2. The molecule has 2 aliphatic heterocycles. The van der Waals surface area contributed by atoms with Gasteiger partial charge < -0.3 is 35.9 Å². The van der Waals surface area contributed by atoms with Crippen molar-refractivity contribution in [3.05, 3.63) is 60.6 Å². The van der Waals surface area contributed by atoms with Crippen LogP contribution in [0.3, 0.4) is 0 Å². The minimum atomic E-state index is 0. The summed E-state index contributed by atoms with van der Waals surface area (Å²) in [7, 11) is 1.67. The molecule has 0 amide bonds. The Morgan fingerprint density at radius 2 is 1.91 bits per heavy atom. The largest absolute Gasteiger partial charge is 1.00 e. The van der Waals surface area contributed by atoms with Crippen molar-refractivity contribution in [1.29, 1.82) is 0 Å². The number of hydrogen-bond donors (Lipinski definition) is 0. The predicted octanol–water partition coefficient (Wildman–Crippen LogP) is 1.05. The first-order valence-corrected chi connectivity index (χ1v) is 11.8. The number of halogens is 1. The molecule has 2 aromatic carbocycles. The molecule has 0 saturated carbocycles. The van der Waals surface area contributed by atoms with Gasteiger partial charge in [-0.2, -0.15) is 4.57 Å². The molecule has 7 nitrogen and oxygen atoms in total. The maximum atomic E-state index is 6.23. The van der Waals surface area contributed by atoms with E-state index in [1.807, 2.05) is 12.1 Å². The fourth-order valence-electron chi connectivity index (χ4n) is 4.34. The number of ether oxygens (including phenoxy) is 4. The van der Waals surface area contributed by atoms with Crippen LogP contribution in [0.25, 0.3) is 22.0 Å². The molecular formula is C25H22BrN3O4S. The fraction of sp³-hybridized carbons (Fsp3) is 0.240. The second kappa shape index (κ2) is 9.68. The highest BCUT2D eigenvalue weighted by atomic mass is 79.9. The Morgan fingerprint density at radius 1 is 1.09 bits per heavy atom. The number of fused-ring (bicyclic) bond motifs is 5. The van der Waals surface area contributed by atoms with E-state index >= 15 is 0 Å². The van der Waals surface area contributed by atoms with Crippen LogP contribution in [0.5, 0.6) is 23.0 Å². The van der Waals surface area contributed by atoms with E-state index < -0.39 is 0 Å². The minimum Gasteiger partial charge on any atom is -1.00 e. The smallest absolute Gasteiger partial charge is 0.231 e. The zero-order valence-corrected chi connectivity index (χ0v) is 20.9. The Hall–Kier alpha value is -3.04. The van der Waals surface area contributed by atoms with Gasteiger partial charge in [0.2, 0.25) is 12.5 Å². The average Bonchev–Trinajstić information content (AvgIpc) is 3.32. The van der Waals surface area contributed by atoms with Gasteiger partial charge in [0.1, 0.15) is 0 Å². The molecule has 2 aliphatic rings. The molecule has 9 heteroatoms. The third kappa shape index (κ3) is 4.14. The van der Waals surface area contributed by atoms with Crippen molar-refractivity contribution >= 4 is 22.5 Å². The molecule has 4 heterocycles. The third-order valence-electron chi connectivity index (χ3n) is 5.90. The molecule has 0 saturated heterocycles. The van der Waals surface area contributed by atoms with E-state index in [0.29, 0.717) is 6.61 Å². The zero-order valence-electron chi connectivity index (χ0n) is 18.5. The van der Waals surface area contributed by atoms with Crippen LogP contribution in [0, 0.1) is 0 Å². The van der Waals surface area contributed by atoms with Crippen LogP contribution in [-0.2, 0) is 13.0 Å². The molecule has 0 atom stereocenters. The van der Waals surface area contributed by atoms with Crippen LogP contribution < -0.4 is 40.5 Å². The topological polar surface area (TPSA) is 66.6 Å². The van der Waals surface area contributed by atoms with Crippen LogP contribution in [0.15, 0.2) is 60.1 Å². The highest BCUT2D eigenvalue weighted by Crippen LogP contribution is 2.41. The van der Waals surface area contributed by atoms with Crippen molar-refractivity contribution in [2.75, 3.05) is 26.3 Å². The van der Waals surface area contributed by atoms with E-state index in [1.165, 1.54) is 11.1 Å². The third-order valence-corrected chi connectivity index (χ3v) is 6.74. The molecule has 0 spiro atoms. The maximum Gasteiger partial charge on any atom is 0.231 e. The molecule has 0 N–H and O–H groups in total. The number of rotatable bonds is 6. The van der Waals surface area contributed by atoms with E-state index in [9.17, 15) is 0 Å². The van der Waals surface area contributed by atoms with Gasteiger partial charge in [-0.25, -0.2) is 9.97 Å². The van der Waals surface area contributed by atoms with Crippen molar-refractivity contribution < 1.29 is 40.5 Å². The van der Waals surface area contributed by atoms with Crippen molar-refractivity contribution in [3.63, 3.8) is 0 Å². The highest BCUT2D eigenvalue weighted by molar-refractivity contribution is 7.99. The van der Waals surface area contributed by atoms with Gasteiger partial charge in [0.25, 0.3) is 0 Å². The Balaban J connectivity index is 0.00000241. The lowest BCUT2D eigenvalue weighted by atomic mass is 9.95. The Labute approximate surface area is 211 Å². The van der Waals surface area contributed by atoms with Crippen molar-refractivity contribution in [2.24, 2.45) is 0 Å². The number of pyridine rings is 1. The Morgan fingerprint density at radius 3 is 2.74 bits per heavy atom. The number of nitrogens with zero attached hydrogens (tertiary/aromatic N) is 3. The normalized spacial score (nSPS) is 13.1. The summed E-state index contributed by atoms with van der Waals surface area (Å²) < 4.78 is 25.3. The van der Waals surface area contributed by atoms with E-state index in [-0.39, 0.29) is 23.8 Å². The summed E-state index contributed by atoms with van der Waals surface area (Å²) in [6.45, 7) is 1.69. The molecule has 4 aromatic rings. The number of thioether (sulfide) groups is 1. The number of methoxy groups -OCH3 is 1. The minimum absolute atomic E-state index is 0. The summed E-state index contributed by atoms with van der Waals surface area (Å²) in [6, 6.07) is 12.3. The van der Waals surface area contributed by atoms with Crippen molar-refractivity contribution in [1.82, 2.24) is 9.97 Å². The van der Waals surface area contributed by atoms with E-state index in [4.69, 9.17) is 18.9 Å². The second-order valence-electron chi connectivity index (χ2n) is 7.79. The summed E-state index contributed by atoms with van der Waals surface area (Å²) in [5, 5.41) is 2.88. The number of hydrogen-bond acceptors (Lipinski definition) is 7. The lowest BCUT2D eigenvalue weighted by Crippen LogP contribution is -3.00. The summed E-state index contributed by atoms with van der Waals surface area (Å²) in [4.78, 5) is 8.49. The van der Waals surface area contributed by atoms with Gasteiger partial charge >= 0.3 is 0 Å². The van der Waals surface area contributed by atoms with E-state index in [2.05, 4.69) is 45.0 Å². The first-order chi connectivity index (χ1) is 16.3. The van der Waals surface area contributed by atoms with Crippen molar-refractivity contribution in [2.45, 2.75) is 18.1 Å². The van der Waals surface area contributed by atoms with Gasteiger partial charge in [-0.3, -0.25) is 0 Å². The first kappa shape index (κ1) is 22.7. The molecule has 34 heavy (non-hydrogen) atoms. The lowest BCUT2D eigenvalue weighted by Gasteiger charge is -2.18. The molecule has 2 aromatic heterocycles. The van der Waals surface area contributed by atoms with E-state index in [1.54, 1.807) is 31.3 Å². The van der Waals surface area contributed by atoms with Gasteiger partial charge in [-0.15, -0.1) is 0 Å². The van der Waals surface area contributed by atoms with Crippen LogP contribution in [0.2, 0.25) is 0 Å². The summed E-state index contributed by atoms with van der Waals surface area (Å²) >= 11 is 1.57. The van der Waals surface area contributed by atoms with Crippen LogP contribution in [-0.4, -0.2) is 36.2 Å². The SMILES string of the molecule is COc1ccc2cc3[n+](cc2c1OCCSc1ncccn1)CCc1cc2c(cc1-3)OCO2.[Br-]. The standard InChI is InChI=1S/C25H22N3O4S.BrH/c1-29-21-4-3-16-11-20-18-13-23-22(31-15-32-23)12-17(18)5-8-28(20)14-19(16)24(21)30-9-10-33-25-26-6-2-7-27-25;/h2-4,6-7,11-14H,5,8-10,15H2,1H3;1H/q+1;/p-1. The first-order valence-electron chi connectivity index (χ1n) is 10.8. The fourth-order valence-corrected chi connectivity index (χ4v) is 4.96. The van der Waals surface area contributed by atoms with Gasteiger partial charge in [0, 0.05) is 30.6 Å².